The first kappa shape index (κ1) is 10.9. The van der Waals surface area contributed by atoms with Crippen LogP contribution in [0.4, 0.5) is 0 Å². The number of thiazole rings is 1. The smallest absolute Gasteiger partial charge is 0.140 e. The third-order valence-corrected chi connectivity index (χ3v) is 3.04. The molecule has 5 heteroatoms. The number of nitriles is 1. The number of benzene rings is 1. The Labute approximate surface area is 102 Å². The van der Waals surface area contributed by atoms with Crippen LogP contribution in [0.3, 0.4) is 0 Å². The molecule has 1 aromatic carbocycles. The van der Waals surface area contributed by atoms with Crippen LogP contribution < -0.4 is 4.74 Å². The van der Waals surface area contributed by atoms with Gasteiger partial charge in [0.2, 0.25) is 0 Å². The largest absolute Gasteiger partial charge is 0.485 e. The fraction of sp³-hybridized carbons (Fsp3) is 0.0909. The molecule has 0 saturated carbocycles. The fourth-order valence-corrected chi connectivity index (χ4v) is 1.95. The van der Waals surface area contributed by atoms with Crippen LogP contribution >= 0.6 is 22.9 Å². The Morgan fingerprint density at radius 3 is 2.94 bits per heavy atom. The first-order valence-corrected chi connectivity index (χ1v) is 5.71. The lowest BCUT2D eigenvalue weighted by molar-refractivity contribution is 0.306. The quantitative estimate of drug-likeness (QED) is 0.840. The number of halogens is 1. The summed E-state index contributed by atoms with van der Waals surface area (Å²) in [6.07, 6.45) is 1.54. The average Bonchev–Trinajstić information content (AvgIpc) is 2.76. The van der Waals surface area contributed by atoms with Gasteiger partial charge in [-0.25, -0.2) is 4.98 Å². The van der Waals surface area contributed by atoms with E-state index in [9.17, 15) is 0 Å². The first-order chi connectivity index (χ1) is 7.79. The van der Waals surface area contributed by atoms with E-state index in [0.717, 1.165) is 5.01 Å². The Morgan fingerprint density at radius 1 is 1.44 bits per heavy atom. The predicted octanol–water partition coefficient (Wildman–Crippen LogP) is 3.25. The molecule has 2 rings (SSSR count). The van der Waals surface area contributed by atoms with Gasteiger partial charge in [-0.2, -0.15) is 5.26 Å². The van der Waals surface area contributed by atoms with Gasteiger partial charge in [-0.1, -0.05) is 23.7 Å². The Balaban J connectivity index is 2.03. The number of aromatic nitrogens is 1. The van der Waals surface area contributed by atoms with Crippen LogP contribution in [-0.4, -0.2) is 4.98 Å². The van der Waals surface area contributed by atoms with Crippen molar-refractivity contribution in [2.24, 2.45) is 0 Å². The van der Waals surface area contributed by atoms with E-state index in [4.69, 9.17) is 21.6 Å². The molecule has 0 aliphatic carbocycles. The van der Waals surface area contributed by atoms with E-state index in [1.54, 1.807) is 12.1 Å². The van der Waals surface area contributed by atoms with Gasteiger partial charge in [-0.3, -0.25) is 0 Å². The van der Waals surface area contributed by atoms with E-state index in [1.807, 2.05) is 18.2 Å². The van der Waals surface area contributed by atoms with Gasteiger partial charge >= 0.3 is 0 Å². The minimum atomic E-state index is 0.329. The summed E-state index contributed by atoms with van der Waals surface area (Å²) in [5, 5.41) is 9.97. The van der Waals surface area contributed by atoms with E-state index in [1.165, 1.54) is 17.5 Å². The van der Waals surface area contributed by atoms with E-state index in [0.29, 0.717) is 22.3 Å². The van der Waals surface area contributed by atoms with Crippen molar-refractivity contribution >= 4 is 22.9 Å². The summed E-state index contributed by atoms with van der Waals surface area (Å²) in [4.78, 5) is 4.64. The van der Waals surface area contributed by atoms with Crippen LogP contribution in [0.15, 0.2) is 30.5 Å². The molecule has 0 radical (unpaired) electrons. The van der Waals surface area contributed by atoms with Gasteiger partial charge in [0.15, 0.2) is 0 Å². The molecule has 0 amide bonds. The zero-order valence-corrected chi connectivity index (χ0v) is 9.76. The maximum absolute atomic E-state index is 8.64. The topological polar surface area (TPSA) is 45.9 Å². The number of nitrogens with zero attached hydrogens (tertiary/aromatic N) is 2. The van der Waals surface area contributed by atoms with Crippen molar-refractivity contribution in [2.75, 3.05) is 0 Å². The third-order valence-electron chi connectivity index (χ3n) is 1.85. The van der Waals surface area contributed by atoms with Crippen LogP contribution in [0.5, 0.6) is 5.75 Å². The lowest BCUT2D eigenvalue weighted by Gasteiger charge is -2.04. The number of hydrogen-bond donors (Lipinski definition) is 0. The highest BCUT2D eigenvalue weighted by atomic mass is 35.5. The van der Waals surface area contributed by atoms with E-state index in [-0.39, 0.29) is 0 Å². The van der Waals surface area contributed by atoms with Crippen LogP contribution in [0.25, 0.3) is 0 Å². The molecule has 0 bridgehead atoms. The standard InChI is InChI=1S/C11H7ClN2OS/c12-9-3-1-2-4-10(9)15-7-11-14-6-8(5-13)16-11/h1-4,6H,7H2. The molecule has 0 aliphatic heterocycles. The summed E-state index contributed by atoms with van der Waals surface area (Å²) in [6, 6.07) is 9.28. The monoisotopic (exact) mass is 250 g/mol. The molecule has 0 aliphatic rings. The molecule has 2 aromatic rings. The molecule has 0 atom stereocenters. The maximum atomic E-state index is 8.64. The molecule has 80 valence electrons. The number of para-hydroxylation sites is 1. The van der Waals surface area contributed by atoms with Crippen molar-refractivity contribution in [2.45, 2.75) is 6.61 Å². The summed E-state index contributed by atoms with van der Waals surface area (Å²) in [5.74, 6) is 0.623. The second-order valence-electron chi connectivity index (χ2n) is 2.95. The van der Waals surface area contributed by atoms with Crippen LogP contribution in [0, 0.1) is 11.3 Å². The van der Waals surface area contributed by atoms with Gasteiger partial charge < -0.3 is 4.74 Å². The molecular weight excluding hydrogens is 244 g/mol. The molecule has 0 unspecified atom stereocenters. The molecule has 16 heavy (non-hydrogen) atoms. The third kappa shape index (κ3) is 2.51. The zero-order chi connectivity index (χ0) is 11.4. The molecule has 0 spiro atoms. The minimum Gasteiger partial charge on any atom is -0.485 e. The van der Waals surface area contributed by atoms with Crippen molar-refractivity contribution < 1.29 is 4.74 Å². The SMILES string of the molecule is N#Cc1cnc(COc2ccccc2Cl)s1. The lowest BCUT2D eigenvalue weighted by Crippen LogP contribution is -1.94. The normalized spacial score (nSPS) is 9.75. The van der Waals surface area contributed by atoms with Crippen LogP contribution in [0.2, 0.25) is 5.02 Å². The van der Waals surface area contributed by atoms with Gasteiger partial charge in [0.1, 0.15) is 28.3 Å². The molecule has 0 saturated heterocycles. The van der Waals surface area contributed by atoms with Crippen LogP contribution in [0.1, 0.15) is 9.88 Å². The molecular formula is C11H7ClN2OS. The van der Waals surface area contributed by atoms with Gasteiger partial charge in [-0.05, 0) is 12.1 Å². The molecule has 1 heterocycles. The predicted molar refractivity (Wildman–Crippen MR) is 62.6 cm³/mol. The maximum Gasteiger partial charge on any atom is 0.140 e. The Morgan fingerprint density at radius 2 is 2.25 bits per heavy atom. The highest BCUT2D eigenvalue weighted by Gasteiger charge is 2.04. The van der Waals surface area contributed by atoms with Gasteiger partial charge in [0.05, 0.1) is 11.2 Å². The molecule has 0 fully saturated rings. The summed E-state index contributed by atoms with van der Waals surface area (Å²) < 4.78 is 5.49. The highest BCUT2D eigenvalue weighted by molar-refractivity contribution is 7.12. The average molecular weight is 251 g/mol. The Kier molecular flexibility index (Phi) is 3.40. The van der Waals surface area contributed by atoms with Crippen molar-refractivity contribution in [3.8, 4) is 11.8 Å². The summed E-state index contributed by atoms with van der Waals surface area (Å²) in [5.41, 5.74) is 0. The van der Waals surface area contributed by atoms with Gasteiger partial charge in [0, 0.05) is 0 Å². The van der Waals surface area contributed by atoms with E-state index >= 15 is 0 Å². The first-order valence-electron chi connectivity index (χ1n) is 4.52. The van der Waals surface area contributed by atoms with Gasteiger partial charge in [-0.15, -0.1) is 11.3 Å². The van der Waals surface area contributed by atoms with Crippen molar-refractivity contribution in [1.29, 1.82) is 5.26 Å². The van der Waals surface area contributed by atoms with Crippen molar-refractivity contribution in [1.82, 2.24) is 4.98 Å². The lowest BCUT2D eigenvalue weighted by atomic mass is 10.3. The minimum absolute atomic E-state index is 0.329. The van der Waals surface area contributed by atoms with Crippen LogP contribution in [-0.2, 0) is 6.61 Å². The highest BCUT2D eigenvalue weighted by Crippen LogP contribution is 2.24. The summed E-state index contributed by atoms with van der Waals surface area (Å²) >= 11 is 7.25. The summed E-state index contributed by atoms with van der Waals surface area (Å²) in [7, 11) is 0. The molecule has 0 N–H and O–H groups in total. The number of rotatable bonds is 3. The second kappa shape index (κ2) is 4.97. The molecule has 3 nitrogen and oxygen atoms in total. The summed E-state index contributed by atoms with van der Waals surface area (Å²) in [6.45, 7) is 0.329. The van der Waals surface area contributed by atoms with Gasteiger partial charge in [0.25, 0.3) is 0 Å². The van der Waals surface area contributed by atoms with E-state index in [2.05, 4.69) is 4.98 Å². The number of ether oxygens (including phenoxy) is 1. The number of hydrogen-bond acceptors (Lipinski definition) is 4. The zero-order valence-electron chi connectivity index (χ0n) is 8.18. The fourth-order valence-electron chi connectivity index (χ4n) is 1.13. The molecule has 1 aromatic heterocycles. The Bertz CT molecular complexity index is 533. The van der Waals surface area contributed by atoms with E-state index < -0.39 is 0 Å². The second-order valence-corrected chi connectivity index (χ2v) is 4.47. The van der Waals surface area contributed by atoms with Crippen molar-refractivity contribution in [3.63, 3.8) is 0 Å². The Hall–Kier alpha value is -1.57. The van der Waals surface area contributed by atoms with Crippen molar-refractivity contribution in [3.05, 3.63) is 45.4 Å².